The van der Waals surface area contributed by atoms with Gasteiger partial charge in [0.2, 0.25) is 0 Å². The van der Waals surface area contributed by atoms with Crippen molar-refractivity contribution < 1.29 is 14.6 Å². The van der Waals surface area contributed by atoms with E-state index in [-0.39, 0.29) is 18.4 Å². The minimum atomic E-state index is -0.0402. The summed E-state index contributed by atoms with van der Waals surface area (Å²) in [5.74, 6) is 0.978. The second-order valence-electron chi connectivity index (χ2n) is 5.94. The van der Waals surface area contributed by atoms with Crippen LogP contribution in [0.3, 0.4) is 0 Å². The molecule has 2 heterocycles. The highest BCUT2D eigenvalue weighted by atomic mass is 32.1. The number of hydrogen-bond acceptors (Lipinski definition) is 5. The zero-order valence-corrected chi connectivity index (χ0v) is 14.6. The van der Waals surface area contributed by atoms with E-state index in [1.54, 1.807) is 4.90 Å². The lowest BCUT2D eigenvalue weighted by Crippen LogP contribution is -2.41. The van der Waals surface area contributed by atoms with E-state index in [4.69, 9.17) is 4.74 Å². The number of carbonyl (C=O) groups is 1. The van der Waals surface area contributed by atoms with Crippen LogP contribution in [-0.4, -0.2) is 47.2 Å². The van der Waals surface area contributed by atoms with Gasteiger partial charge in [-0.15, -0.1) is 11.3 Å². The number of ether oxygens (including phenoxy) is 1. The van der Waals surface area contributed by atoms with Crippen molar-refractivity contribution in [3.05, 3.63) is 35.3 Å². The Hall–Kier alpha value is -1.92. The van der Waals surface area contributed by atoms with Crippen LogP contribution < -0.4 is 4.74 Å². The van der Waals surface area contributed by atoms with Crippen LogP contribution in [0.1, 0.15) is 30.3 Å². The maximum atomic E-state index is 12.6. The Labute approximate surface area is 145 Å². The van der Waals surface area contributed by atoms with Gasteiger partial charge in [0, 0.05) is 30.6 Å². The average molecular weight is 346 g/mol. The smallest absolute Gasteiger partial charge is 0.273 e. The molecule has 0 radical (unpaired) electrons. The van der Waals surface area contributed by atoms with Gasteiger partial charge in [-0.1, -0.05) is 0 Å². The number of carbonyl (C=O) groups excluding carboxylic acids is 1. The summed E-state index contributed by atoms with van der Waals surface area (Å²) in [7, 11) is 0. The van der Waals surface area contributed by atoms with E-state index in [1.807, 2.05) is 36.6 Å². The van der Waals surface area contributed by atoms with Crippen LogP contribution in [0.15, 0.2) is 29.6 Å². The first kappa shape index (κ1) is 16.9. The Morgan fingerprint density at radius 3 is 2.92 bits per heavy atom. The lowest BCUT2D eigenvalue weighted by molar-refractivity contribution is 0.0616. The van der Waals surface area contributed by atoms with E-state index < -0.39 is 0 Å². The first-order chi connectivity index (χ1) is 11.7. The molecule has 2 aromatic rings. The van der Waals surface area contributed by atoms with E-state index in [2.05, 4.69) is 4.98 Å². The number of aromatic nitrogens is 1. The van der Waals surface area contributed by atoms with Crippen LogP contribution in [-0.2, 0) is 0 Å². The normalized spacial score (nSPS) is 17.8. The lowest BCUT2D eigenvalue weighted by Gasteiger charge is -2.31. The monoisotopic (exact) mass is 346 g/mol. The number of aliphatic hydroxyl groups excluding tert-OH is 1. The Kier molecular flexibility index (Phi) is 5.48. The second kappa shape index (κ2) is 7.77. The van der Waals surface area contributed by atoms with E-state index in [0.717, 1.165) is 35.7 Å². The van der Waals surface area contributed by atoms with Crippen molar-refractivity contribution in [2.24, 2.45) is 5.92 Å². The predicted molar refractivity (Wildman–Crippen MR) is 94.4 cm³/mol. The molecular formula is C18H22N2O3S. The molecule has 1 aliphatic heterocycles. The minimum absolute atomic E-state index is 0.0402. The Balaban J connectivity index is 1.71. The number of aliphatic hydroxyl groups is 1. The van der Waals surface area contributed by atoms with Gasteiger partial charge < -0.3 is 14.7 Å². The molecule has 0 aliphatic carbocycles. The molecule has 24 heavy (non-hydrogen) atoms. The first-order valence-electron chi connectivity index (χ1n) is 8.30. The summed E-state index contributed by atoms with van der Waals surface area (Å²) in [6.45, 7) is 4.09. The maximum absolute atomic E-state index is 12.6. The highest BCUT2D eigenvalue weighted by molar-refractivity contribution is 7.13. The topological polar surface area (TPSA) is 62.7 Å². The lowest BCUT2D eigenvalue weighted by atomic mass is 9.99. The molecule has 6 heteroatoms. The van der Waals surface area contributed by atoms with Gasteiger partial charge >= 0.3 is 0 Å². The Morgan fingerprint density at radius 1 is 1.42 bits per heavy atom. The number of likely N-dealkylation sites (tertiary alicyclic amines) is 1. The fourth-order valence-electron chi connectivity index (χ4n) is 2.93. The molecular weight excluding hydrogens is 324 g/mol. The van der Waals surface area contributed by atoms with Crippen molar-refractivity contribution in [3.8, 4) is 16.3 Å². The number of benzene rings is 1. The zero-order valence-electron chi connectivity index (χ0n) is 13.8. The van der Waals surface area contributed by atoms with Crippen LogP contribution in [0.5, 0.6) is 5.75 Å². The van der Waals surface area contributed by atoms with Crippen LogP contribution in [0, 0.1) is 5.92 Å². The number of amides is 1. The third-order valence-corrected chi connectivity index (χ3v) is 5.09. The highest BCUT2D eigenvalue weighted by Gasteiger charge is 2.25. The van der Waals surface area contributed by atoms with Gasteiger partial charge in [0.25, 0.3) is 5.91 Å². The van der Waals surface area contributed by atoms with E-state index in [9.17, 15) is 9.90 Å². The van der Waals surface area contributed by atoms with Gasteiger partial charge in [-0.2, -0.15) is 0 Å². The van der Waals surface area contributed by atoms with Gasteiger partial charge in [0.15, 0.2) is 0 Å². The number of hydrogen-bond donors (Lipinski definition) is 1. The number of nitrogens with zero attached hydrogens (tertiary/aromatic N) is 2. The highest BCUT2D eigenvalue weighted by Crippen LogP contribution is 2.27. The maximum Gasteiger partial charge on any atom is 0.273 e. The Morgan fingerprint density at radius 2 is 2.21 bits per heavy atom. The zero-order chi connectivity index (χ0) is 16.9. The second-order valence-corrected chi connectivity index (χ2v) is 6.80. The van der Waals surface area contributed by atoms with Crippen molar-refractivity contribution in [3.63, 3.8) is 0 Å². The summed E-state index contributed by atoms with van der Waals surface area (Å²) in [5.41, 5.74) is 1.47. The number of rotatable bonds is 5. The van der Waals surface area contributed by atoms with Crippen molar-refractivity contribution in [2.75, 3.05) is 26.3 Å². The summed E-state index contributed by atoms with van der Waals surface area (Å²) >= 11 is 1.47. The quantitative estimate of drug-likeness (QED) is 0.904. The summed E-state index contributed by atoms with van der Waals surface area (Å²) < 4.78 is 5.44. The van der Waals surface area contributed by atoms with Gasteiger partial charge in [0.1, 0.15) is 16.5 Å². The van der Waals surface area contributed by atoms with Crippen molar-refractivity contribution in [1.29, 1.82) is 0 Å². The van der Waals surface area contributed by atoms with E-state index in [1.165, 1.54) is 11.3 Å². The van der Waals surface area contributed by atoms with Gasteiger partial charge in [-0.25, -0.2) is 4.98 Å². The fourth-order valence-corrected chi connectivity index (χ4v) is 3.73. The largest absolute Gasteiger partial charge is 0.494 e. The van der Waals surface area contributed by atoms with Crippen LogP contribution >= 0.6 is 11.3 Å². The molecule has 5 nitrogen and oxygen atoms in total. The van der Waals surface area contributed by atoms with Gasteiger partial charge in [0.05, 0.1) is 6.61 Å². The molecule has 1 unspecified atom stereocenters. The molecule has 0 bridgehead atoms. The average Bonchev–Trinajstić information content (AvgIpc) is 3.12. The molecule has 1 aromatic heterocycles. The van der Waals surface area contributed by atoms with Crippen LogP contribution in [0.2, 0.25) is 0 Å². The molecule has 1 aromatic carbocycles. The fraction of sp³-hybridized carbons (Fsp3) is 0.444. The number of thiazole rings is 1. The van der Waals surface area contributed by atoms with Crippen LogP contribution in [0.25, 0.3) is 10.6 Å². The standard InChI is InChI=1S/C18H22N2O3S/c1-2-23-15-7-5-14(6-8-15)17-19-16(12-24-17)18(22)20-9-3-4-13(10-20)11-21/h5-8,12-13,21H,2-4,9-11H2,1H3. The molecule has 0 saturated carbocycles. The minimum Gasteiger partial charge on any atom is -0.494 e. The molecule has 0 spiro atoms. The molecule has 128 valence electrons. The molecule has 1 atom stereocenters. The molecule has 1 N–H and O–H groups in total. The van der Waals surface area contributed by atoms with Gasteiger partial charge in [-0.3, -0.25) is 4.79 Å². The first-order valence-corrected chi connectivity index (χ1v) is 9.18. The molecule has 1 fully saturated rings. The molecule has 1 aliphatic rings. The molecule has 1 saturated heterocycles. The van der Waals surface area contributed by atoms with Crippen molar-refractivity contribution in [2.45, 2.75) is 19.8 Å². The van der Waals surface area contributed by atoms with Gasteiger partial charge in [-0.05, 0) is 49.9 Å². The third-order valence-electron chi connectivity index (χ3n) is 4.20. The molecule has 3 rings (SSSR count). The SMILES string of the molecule is CCOc1ccc(-c2nc(C(=O)N3CCCC(CO)C3)cs2)cc1. The van der Waals surface area contributed by atoms with E-state index in [0.29, 0.717) is 18.8 Å². The van der Waals surface area contributed by atoms with E-state index >= 15 is 0 Å². The molecule has 1 amide bonds. The van der Waals surface area contributed by atoms with Crippen LogP contribution in [0.4, 0.5) is 0 Å². The van der Waals surface area contributed by atoms with Crippen molar-refractivity contribution >= 4 is 17.2 Å². The summed E-state index contributed by atoms with van der Waals surface area (Å²) in [4.78, 5) is 18.9. The summed E-state index contributed by atoms with van der Waals surface area (Å²) in [6.07, 6.45) is 1.92. The Bertz CT molecular complexity index is 684. The summed E-state index contributed by atoms with van der Waals surface area (Å²) in [6, 6.07) is 7.75. The number of piperidine rings is 1. The predicted octanol–water partition coefficient (Wildman–Crippen LogP) is 3.05. The van der Waals surface area contributed by atoms with Crippen molar-refractivity contribution in [1.82, 2.24) is 9.88 Å². The third kappa shape index (κ3) is 3.76. The summed E-state index contributed by atoms with van der Waals surface area (Å²) in [5, 5.41) is 12.0.